The first-order valence-corrected chi connectivity index (χ1v) is 9.93. The Kier molecular flexibility index (Phi) is 7.29. The van der Waals surface area contributed by atoms with Crippen molar-refractivity contribution in [3.63, 3.8) is 0 Å². The number of benzene rings is 1. The number of aromatic nitrogens is 3. The number of likely N-dealkylation sites (tertiary alicyclic amines) is 1. The van der Waals surface area contributed by atoms with Crippen LogP contribution in [0.15, 0.2) is 29.5 Å². The van der Waals surface area contributed by atoms with Crippen molar-refractivity contribution in [3.05, 3.63) is 35.9 Å². The second kappa shape index (κ2) is 10.1. The van der Waals surface area contributed by atoms with Gasteiger partial charge in [0.2, 0.25) is 0 Å². The minimum Gasteiger partial charge on any atom is -0.497 e. The van der Waals surface area contributed by atoms with Gasteiger partial charge in [-0.2, -0.15) is 5.10 Å². The number of nitrogens with one attached hydrogen (secondary N) is 2. The predicted octanol–water partition coefficient (Wildman–Crippen LogP) is 1.16. The molecule has 0 aliphatic carbocycles. The standard InChI is InChI=1S/C20H31N7O2/c1-5-21-20(22-11-19-23-14-24-26(19)2)25-16-6-7-27(13-16)12-15-8-17(28-3)10-18(9-15)29-4/h8-10,14,16H,5-7,11-13H2,1-4H3,(H2,21,22,25). The van der Waals surface area contributed by atoms with Crippen molar-refractivity contribution in [3.8, 4) is 11.5 Å². The van der Waals surface area contributed by atoms with E-state index in [2.05, 4.69) is 49.7 Å². The number of hydrogen-bond donors (Lipinski definition) is 2. The van der Waals surface area contributed by atoms with Crippen LogP contribution in [0, 0.1) is 0 Å². The van der Waals surface area contributed by atoms with E-state index in [1.54, 1.807) is 25.2 Å². The highest BCUT2D eigenvalue weighted by molar-refractivity contribution is 5.80. The van der Waals surface area contributed by atoms with Crippen molar-refractivity contribution >= 4 is 5.96 Å². The van der Waals surface area contributed by atoms with Gasteiger partial charge in [0.15, 0.2) is 5.96 Å². The largest absolute Gasteiger partial charge is 0.497 e. The van der Waals surface area contributed by atoms with E-state index in [1.165, 1.54) is 5.56 Å². The van der Waals surface area contributed by atoms with Gasteiger partial charge in [0.25, 0.3) is 0 Å². The Morgan fingerprint density at radius 3 is 2.62 bits per heavy atom. The number of nitrogens with zero attached hydrogens (tertiary/aromatic N) is 5. The third-order valence-electron chi connectivity index (χ3n) is 4.96. The van der Waals surface area contributed by atoms with Gasteiger partial charge >= 0.3 is 0 Å². The van der Waals surface area contributed by atoms with Crippen LogP contribution in [-0.4, -0.2) is 65.5 Å². The molecule has 1 fully saturated rings. The molecule has 0 amide bonds. The predicted molar refractivity (Wildman–Crippen MR) is 112 cm³/mol. The molecule has 1 aromatic carbocycles. The molecule has 1 unspecified atom stereocenters. The highest BCUT2D eigenvalue weighted by Crippen LogP contribution is 2.24. The normalized spacial score (nSPS) is 17.4. The highest BCUT2D eigenvalue weighted by atomic mass is 16.5. The summed E-state index contributed by atoms with van der Waals surface area (Å²) in [5, 5.41) is 11.0. The topological polar surface area (TPSA) is 88.8 Å². The fourth-order valence-electron chi connectivity index (χ4n) is 3.44. The van der Waals surface area contributed by atoms with E-state index in [-0.39, 0.29) is 0 Å². The molecule has 0 saturated carbocycles. The quantitative estimate of drug-likeness (QED) is 0.507. The summed E-state index contributed by atoms with van der Waals surface area (Å²) in [6.45, 7) is 6.21. The van der Waals surface area contributed by atoms with Crippen molar-refractivity contribution in [2.24, 2.45) is 12.0 Å². The molecule has 1 aromatic heterocycles. The van der Waals surface area contributed by atoms with Gasteiger partial charge in [0, 0.05) is 45.3 Å². The minimum atomic E-state index is 0.347. The molecule has 2 N–H and O–H groups in total. The molecule has 29 heavy (non-hydrogen) atoms. The number of rotatable bonds is 8. The zero-order valence-electron chi connectivity index (χ0n) is 17.7. The highest BCUT2D eigenvalue weighted by Gasteiger charge is 2.23. The van der Waals surface area contributed by atoms with Crippen LogP contribution in [0.4, 0.5) is 0 Å². The summed E-state index contributed by atoms with van der Waals surface area (Å²) in [6.07, 6.45) is 2.61. The van der Waals surface area contributed by atoms with Crippen LogP contribution in [0.5, 0.6) is 11.5 Å². The van der Waals surface area contributed by atoms with E-state index >= 15 is 0 Å². The maximum atomic E-state index is 5.38. The summed E-state index contributed by atoms with van der Waals surface area (Å²) >= 11 is 0. The summed E-state index contributed by atoms with van der Waals surface area (Å²) in [5.41, 5.74) is 1.18. The number of hydrogen-bond acceptors (Lipinski definition) is 6. The molecule has 1 aliphatic heterocycles. The van der Waals surface area contributed by atoms with Crippen LogP contribution in [-0.2, 0) is 20.1 Å². The van der Waals surface area contributed by atoms with Gasteiger partial charge in [-0.1, -0.05) is 0 Å². The molecule has 0 bridgehead atoms. The van der Waals surface area contributed by atoms with Crippen LogP contribution in [0.3, 0.4) is 0 Å². The summed E-state index contributed by atoms with van der Waals surface area (Å²) in [5.74, 6) is 3.28. The Labute approximate surface area is 172 Å². The summed E-state index contributed by atoms with van der Waals surface area (Å²) in [4.78, 5) is 11.3. The van der Waals surface area contributed by atoms with Crippen LogP contribution in [0.2, 0.25) is 0 Å². The molecule has 9 nitrogen and oxygen atoms in total. The molecular weight excluding hydrogens is 370 g/mol. The van der Waals surface area contributed by atoms with Gasteiger partial charge in [-0.05, 0) is 31.0 Å². The van der Waals surface area contributed by atoms with Crippen molar-refractivity contribution in [2.45, 2.75) is 32.5 Å². The Balaban J connectivity index is 1.57. The van der Waals surface area contributed by atoms with E-state index in [0.717, 1.165) is 55.9 Å². The molecule has 3 rings (SSSR count). The minimum absolute atomic E-state index is 0.347. The third kappa shape index (κ3) is 5.83. The molecule has 1 aliphatic rings. The van der Waals surface area contributed by atoms with Gasteiger partial charge in [0.05, 0.1) is 14.2 Å². The lowest BCUT2D eigenvalue weighted by molar-refractivity contribution is 0.321. The van der Waals surface area contributed by atoms with E-state index in [0.29, 0.717) is 12.6 Å². The Hall–Kier alpha value is -2.81. The molecule has 1 saturated heterocycles. The fraction of sp³-hybridized carbons (Fsp3) is 0.550. The van der Waals surface area contributed by atoms with Crippen molar-refractivity contribution < 1.29 is 9.47 Å². The van der Waals surface area contributed by atoms with Gasteiger partial charge in [-0.3, -0.25) is 9.58 Å². The van der Waals surface area contributed by atoms with E-state index in [4.69, 9.17) is 9.47 Å². The number of methoxy groups -OCH3 is 2. The number of guanidine groups is 1. The molecule has 9 heteroatoms. The van der Waals surface area contributed by atoms with Crippen LogP contribution in [0.1, 0.15) is 24.7 Å². The van der Waals surface area contributed by atoms with Crippen molar-refractivity contribution in [1.82, 2.24) is 30.3 Å². The average molecular weight is 402 g/mol. The summed E-state index contributed by atoms with van der Waals surface area (Å²) in [7, 11) is 5.23. The Morgan fingerprint density at radius 2 is 2.00 bits per heavy atom. The first-order valence-electron chi connectivity index (χ1n) is 9.93. The van der Waals surface area contributed by atoms with E-state index in [1.807, 2.05) is 13.1 Å². The van der Waals surface area contributed by atoms with Crippen molar-refractivity contribution in [1.29, 1.82) is 0 Å². The Morgan fingerprint density at radius 1 is 1.24 bits per heavy atom. The smallest absolute Gasteiger partial charge is 0.191 e. The molecule has 2 heterocycles. The average Bonchev–Trinajstić information content (AvgIpc) is 3.34. The molecule has 0 spiro atoms. The van der Waals surface area contributed by atoms with Crippen LogP contribution in [0.25, 0.3) is 0 Å². The monoisotopic (exact) mass is 401 g/mol. The first-order chi connectivity index (χ1) is 14.1. The zero-order valence-corrected chi connectivity index (χ0v) is 17.7. The van der Waals surface area contributed by atoms with Crippen molar-refractivity contribution in [2.75, 3.05) is 33.9 Å². The first kappa shape index (κ1) is 20.9. The molecule has 2 aromatic rings. The van der Waals surface area contributed by atoms with E-state index < -0.39 is 0 Å². The molecule has 158 valence electrons. The molecular formula is C20H31N7O2. The van der Waals surface area contributed by atoms with Gasteiger partial charge in [-0.25, -0.2) is 9.98 Å². The van der Waals surface area contributed by atoms with Gasteiger partial charge < -0.3 is 20.1 Å². The number of aliphatic imine (C=N–C) groups is 1. The lowest BCUT2D eigenvalue weighted by Gasteiger charge is -2.19. The second-order valence-corrected chi connectivity index (χ2v) is 7.08. The van der Waals surface area contributed by atoms with Gasteiger partial charge in [-0.15, -0.1) is 0 Å². The number of ether oxygens (including phenoxy) is 2. The lowest BCUT2D eigenvalue weighted by Crippen LogP contribution is -2.44. The fourth-order valence-corrected chi connectivity index (χ4v) is 3.44. The van der Waals surface area contributed by atoms with Crippen LogP contribution < -0.4 is 20.1 Å². The van der Waals surface area contributed by atoms with E-state index in [9.17, 15) is 0 Å². The Bertz CT molecular complexity index is 799. The zero-order chi connectivity index (χ0) is 20.6. The van der Waals surface area contributed by atoms with Gasteiger partial charge in [0.1, 0.15) is 30.2 Å². The summed E-state index contributed by atoms with van der Waals surface area (Å²) < 4.78 is 12.5. The number of aryl methyl sites for hydroxylation is 1. The SMILES string of the molecule is CCNC(=NCc1ncnn1C)NC1CCN(Cc2cc(OC)cc(OC)c2)C1. The van der Waals surface area contributed by atoms with Crippen LogP contribution >= 0.6 is 0 Å². The maximum absolute atomic E-state index is 5.38. The molecule has 0 radical (unpaired) electrons. The second-order valence-electron chi connectivity index (χ2n) is 7.08. The third-order valence-corrected chi connectivity index (χ3v) is 4.96. The summed E-state index contributed by atoms with van der Waals surface area (Å²) in [6, 6.07) is 6.37. The maximum Gasteiger partial charge on any atom is 0.191 e. The molecule has 1 atom stereocenters. The lowest BCUT2D eigenvalue weighted by atomic mass is 10.2.